The quantitative estimate of drug-likeness (QED) is 0.716. The van der Waals surface area contributed by atoms with E-state index in [0.29, 0.717) is 0 Å². The Hall–Kier alpha value is -0.0900. The van der Waals surface area contributed by atoms with E-state index in [0.717, 1.165) is 5.56 Å². The van der Waals surface area contributed by atoms with Gasteiger partial charge in [0, 0.05) is 0 Å². The van der Waals surface area contributed by atoms with Gasteiger partial charge in [-0.2, -0.15) is 11.3 Å². The maximum atomic E-state index is 8.59. The molecule has 1 rings (SSSR count). The van der Waals surface area contributed by atoms with E-state index >= 15 is 0 Å². The van der Waals surface area contributed by atoms with Crippen molar-refractivity contribution >= 4 is 23.7 Å². The second-order valence-corrected chi connectivity index (χ2v) is 2.63. The van der Waals surface area contributed by atoms with Gasteiger partial charge in [0.15, 0.2) is 0 Å². The van der Waals surface area contributed by atoms with E-state index in [9.17, 15) is 0 Å². The van der Waals surface area contributed by atoms with Gasteiger partial charge >= 0.3 is 0 Å². The minimum atomic E-state index is -0.198. The summed E-state index contributed by atoms with van der Waals surface area (Å²) in [5, 5.41) is 12.5. The molecule has 0 saturated carbocycles. The summed E-state index contributed by atoms with van der Waals surface area (Å²) in [4.78, 5) is 0. The first-order valence-corrected chi connectivity index (χ1v) is 3.67. The molecule has 3 N–H and O–H groups in total. The number of aliphatic hydroxyl groups is 1. The molecule has 4 heteroatoms. The van der Waals surface area contributed by atoms with Crippen LogP contribution < -0.4 is 5.73 Å². The van der Waals surface area contributed by atoms with Gasteiger partial charge < -0.3 is 10.8 Å². The lowest BCUT2D eigenvalue weighted by molar-refractivity contribution is 0.268. The number of halogens is 1. The summed E-state index contributed by atoms with van der Waals surface area (Å²) in [6, 6.07) is 1.72. The predicted molar refractivity (Wildman–Crippen MR) is 45.6 cm³/mol. The molecule has 0 bridgehead atoms. The Bertz CT molecular complexity index is 166. The van der Waals surface area contributed by atoms with E-state index in [4.69, 9.17) is 10.8 Å². The number of rotatable bonds is 2. The molecule has 0 aliphatic rings. The lowest BCUT2D eigenvalue weighted by Gasteiger charge is -2.02. The summed E-state index contributed by atoms with van der Waals surface area (Å²) in [5.41, 5.74) is 6.51. The third kappa shape index (κ3) is 2.27. The minimum absolute atomic E-state index is 0. The molecule has 2 nitrogen and oxygen atoms in total. The maximum absolute atomic E-state index is 8.59. The van der Waals surface area contributed by atoms with Gasteiger partial charge in [0.2, 0.25) is 0 Å². The van der Waals surface area contributed by atoms with Crippen LogP contribution in [-0.2, 0) is 0 Å². The highest BCUT2D eigenvalue weighted by Crippen LogP contribution is 2.12. The zero-order valence-corrected chi connectivity index (χ0v) is 6.99. The molecule has 1 atom stereocenters. The second kappa shape index (κ2) is 4.68. The Labute approximate surface area is 70.1 Å². The van der Waals surface area contributed by atoms with Crippen molar-refractivity contribution in [2.45, 2.75) is 6.04 Å². The average Bonchev–Trinajstić information content (AvgIpc) is 2.37. The number of hydrogen-bond donors (Lipinski definition) is 2. The largest absolute Gasteiger partial charge is 0.394 e. The van der Waals surface area contributed by atoms with Crippen molar-refractivity contribution in [3.63, 3.8) is 0 Å². The summed E-state index contributed by atoms with van der Waals surface area (Å²) in [6.45, 7) is 0.0245. The summed E-state index contributed by atoms with van der Waals surface area (Å²) in [6.07, 6.45) is 0. The molecule has 0 amide bonds. The van der Waals surface area contributed by atoms with Gasteiger partial charge in [-0.05, 0) is 22.4 Å². The molecule has 1 heterocycles. The van der Waals surface area contributed by atoms with Gasteiger partial charge in [0.05, 0.1) is 12.6 Å². The van der Waals surface area contributed by atoms with E-state index in [-0.39, 0.29) is 25.1 Å². The Morgan fingerprint density at radius 1 is 1.70 bits per heavy atom. The molecule has 58 valence electrons. The van der Waals surface area contributed by atoms with Gasteiger partial charge in [0.25, 0.3) is 0 Å². The average molecular weight is 180 g/mol. The molecular weight excluding hydrogens is 170 g/mol. The Morgan fingerprint density at radius 3 is 2.80 bits per heavy atom. The Balaban J connectivity index is 0.000000810. The first-order valence-electron chi connectivity index (χ1n) is 2.73. The number of hydrogen-bond acceptors (Lipinski definition) is 3. The van der Waals surface area contributed by atoms with Crippen LogP contribution in [-0.4, -0.2) is 11.7 Å². The van der Waals surface area contributed by atoms with Crippen molar-refractivity contribution in [2.75, 3.05) is 6.61 Å². The standard InChI is InChI=1S/C6H9NOS.ClH/c7-6(3-8)5-1-2-9-4-5;/h1-2,4,6,8H,3,7H2;1H. The molecule has 0 radical (unpaired) electrons. The lowest BCUT2D eigenvalue weighted by atomic mass is 10.2. The monoisotopic (exact) mass is 179 g/mol. The van der Waals surface area contributed by atoms with Gasteiger partial charge in [-0.15, -0.1) is 12.4 Å². The van der Waals surface area contributed by atoms with Gasteiger partial charge in [-0.25, -0.2) is 0 Å². The SMILES string of the molecule is Cl.NC(CO)c1ccsc1. The summed E-state index contributed by atoms with van der Waals surface area (Å²) < 4.78 is 0. The van der Waals surface area contributed by atoms with E-state index in [2.05, 4.69) is 0 Å². The molecule has 1 unspecified atom stereocenters. The first kappa shape index (κ1) is 9.91. The van der Waals surface area contributed by atoms with Crippen LogP contribution >= 0.6 is 23.7 Å². The fourth-order valence-corrected chi connectivity index (χ4v) is 1.32. The van der Waals surface area contributed by atoms with Crippen molar-refractivity contribution < 1.29 is 5.11 Å². The fourth-order valence-electron chi connectivity index (χ4n) is 0.591. The van der Waals surface area contributed by atoms with Crippen LogP contribution in [0.25, 0.3) is 0 Å². The molecule has 10 heavy (non-hydrogen) atoms. The van der Waals surface area contributed by atoms with Crippen LogP contribution in [0.1, 0.15) is 11.6 Å². The van der Waals surface area contributed by atoms with E-state index in [1.54, 1.807) is 11.3 Å². The van der Waals surface area contributed by atoms with Crippen LogP contribution in [0.15, 0.2) is 16.8 Å². The molecule has 1 aromatic rings. The zero-order valence-electron chi connectivity index (χ0n) is 5.36. The first-order chi connectivity index (χ1) is 4.34. The second-order valence-electron chi connectivity index (χ2n) is 1.85. The van der Waals surface area contributed by atoms with Crippen molar-refractivity contribution in [2.24, 2.45) is 5.73 Å². The molecule has 0 aromatic carbocycles. The van der Waals surface area contributed by atoms with Crippen LogP contribution in [0.5, 0.6) is 0 Å². The van der Waals surface area contributed by atoms with Crippen LogP contribution in [0.3, 0.4) is 0 Å². The summed E-state index contributed by atoms with van der Waals surface area (Å²) >= 11 is 1.59. The summed E-state index contributed by atoms with van der Waals surface area (Å²) in [5.74, 6) is 0. The zero-order chi connectivity index (χ0) is 6.69. The molecule has 0 spiro atoms. The van der Waals surface area contributed by atoms with E-state index in [1.165, 1.54) is 0 Å². The molecular formula is C6H10ClNOS. The van der Waals surface area contributed by atoms with E-state index < -0.39 is 0 Å². The highest BCUT2D eigenvalue weighted by atomic mass is 35.5. The highest BCUT2D eigenvalue weighted by Gasteiger charge is 2.01. The lowest BCUT2D eigenvalue weighted by Crippen LogP contribution is -2.13. The third-order valence-electron chi connectivity index (χ3n) is 1.17. The van der Waals surface area contributed by atoms with Crippen molar-refractivity contribution in [3.05, 3.63) is 22.4 Å². The van der Waals surface area contributed by atoms with Crippen molar-refractivity contribution in [1.29, 1.82) is 0 Å². The molecule has 1 aromatic heterocycles. The van der Waals surface area contributed by atoms with Gasteiger partial charge in [0.1, 0.15) is 0 Å². The van der Waals surface area contributed by atoms with Crippen molar-refractivity contribution in [3.8, 4) is 0 Å². The van der Waals surface area contributed by atoms with Gasteiger partial charge in [-0.3, -0.25) is 0 Å². The third-order valence-corrected chi connectivity index (χ3v) is 1.87. The number of thiophene rings is 1. The topological polar surface area (TPSA) is 46.2 Å². The smallest absolute Gasteiger partial charge is 0.0624 e. The highest BCUT2D eigenvalue weighted by molar-refractivity contribution is 7.07. The maximum Gasteiger partial charge on any atom is 0.0624 e. The molecule has 0 saturated heterocycles. The van der Waals surface area contributed by atoms with Crippen molar-refractivity contribution in [1.82, 2.24) is 0 Å². The minimum Gasteiger partial charge on any atom is -0.394 e. The fraction of sp³-hybridized carbons (Fsp3) is 0.333. The van der Waals surface area contributed by atoms with Crippen LogP contribution in [0.2, 0.25) is 0 Å². The normalized spacial score (nSPS) is 12.2. The van der Waals surface area contributed by atoms with Crippen LogP contribution in [0.4, 0.5) is 0 Å². The number of nitrogens with two attached hydrogens (primary N) is 1. The Kier molecular flexibility index (Phi) is 4.64. The predicted octanol–water partition coefficient (Wildman–Crippen LogP) is 1.16. The molecule has 0 fully saturated rings. The van der Waals surface area contributed by atoms with Crippen LogP contribution in [0, 0.1) is 0 Å². The number of aliphatic hydroxyl groups excluding tert-OH is 1. The summed E-state index contributed by atoms with van der Waals surface area (Å²) in [7, 11) is 0. The van der Waals surface area contributed by atoms with Gasteiger partial charge in [-0.1, -0.05) is 0 Å². The molecule has 0 aliphatic heterocycles. The Morgan fingerprint density at radius 2 is 2.40 bits per heavy atom. The van der Waals surface area contributed by atoms with E-state index in [1.807, 2.05) is 16.8 Å². The molecule has 0 aliphatic carbocycles.